The highest BCUT2D eigenvalue weighted by Gasteiger charge is 2.17. The van der Waals surface area contributed by atoms with E-state index in [2.05, 4.69) is 10.4 Å². The molecule has 2 N–H and O–H groups in total. The summed E-state index contributed by atoms with van der Waals surface area (Å²) in [4.78, 5) is 12.7. The minimum absolute atomic E-state index is 0.0804. The maximum atomic E-state index is 14.6. The molecule has 1 atom stereocenters. The molecule has 0 bridgehead atoms. The van der Waals surface area contributed by atoms with Gasteiger partial charge in [0.2, 0.25) is 0 Å². The minimum atomic E-state index is -3.58. The van der Waals surface area contributed by atoms with Crippen LogP contribution in [0.5, 0.6) is 17.2 Å². The third-order valence-electron chi connectivity index (χ3n) is 4.81. The molecule has 182 valence electrons. The van der Waals surface area contributed by atoms with Gasteiger partial charge >= 0.3 is 0 Å². The van der Waals surface area contributed by atoms with Crippen LogP contribution in [0.3, 0.4) is 0 Å². The van der Waals surface area contributed by atoms with E-state index >= 15 is 0 Å². The molecule has 1 heterocycles. The number of aryl methyl sites for hydroxylation is 1. The van der Waals surface area contributed by atoms with Crippen LogP contribution in [0.1, 0.15) is 31.1 Å². The molecule has 3 aromatic rings. The first-order chi connectivity index (χ1) is 16.1. The molecule has 0 aliphatic heterocycles. The second-order valence-electron chi connectivity index (χ2n) is 7.41. The first kappa shape index (κ1) is 25.2. The Hall–Kier alpha value is -3.44. The molecule has 2 aromatic carbocycles. The Morgan fingerprint density at radius 2 is 1.91 bits per heavy atom. The molecule has 0 saturated heterocycles. The number of aliphatic hydroxyl groups excluding tert-OH is 1. The van der Waals surface area contributed by atoms with Gasteiger partial charge in [-0.15, -0.1) is 0 Å². The van der Waals surface area contributed by atoms with Crippen molar-refractivity contribution in [2.75, 3.05) is 17.7 Å². The van der Waals surface area contributed by atoms with E-state index in [9.17, 15) is 22.7 Å². The molecule has 1 amide bonds. The van der Waals surface area contributed by atoms with Crippen molar-refractivity contribution in [2.24, 2.45) is 0 Å². The summed E-state index contributed by atoms with van der Waals surface area (Å²) in [5.74, 6) is -1.12. The van der Waals surface area contributed by atoms with Gasteiger partial charge in [-0.25, -0.2) is 12.8 Å². The Labute approximate surface area is 197 Å². The Morgan fingerprint density at radius 1 is 1.18 bits per heavy atom. The van der Waals surface area contributed by atoms with E-state index in [0.717, 1.165) is 6.07 Å². The summed E-state index contributed by atoms with van der Waals surface area (Å²) in [6.45, 7) is 5.39. The smallest absolute Gasteiger partial charge is 0.257 e. The standard InChI is InChI=1S/C23H26FN3O6S/c1-4-27-9-8-22(26-27)25-23(29)16-10-17(32-15(3)14-28)12-18(11-16)33-21-7-6-19(13-20(21)24)34(30,31)5-2/h6-13,15,28H,4-5,14H2,1-3H3,(H,25,26,29). The number of nitrogens with zero attached hydrogens (tertiary/aromatic N) is 2. The van der Waals surface area contributed by atoms with E-state index < -0.39 is 27.7 Å². The van der Waals surface area contributed by atoms with Crippen LogP contribution >= 0.6 is 0 Å². The van der Waals surface area contributed by atoms with Gasteiger partial charge in [0.25, 0.3) is 5.91 Å². The summed E-state index contributed by atoms with van der Waals surface area (Å²) in [6.07, 6.45) is 1.15. The van der Waals surface area contributed by atoms with Gasteiger partial charge in [0.1, 0.15) is 17.6 Å². The van der Waals surface area contributed by atoms with E-state index in [1.807, 2.05) is 6.92 Å². The molecule has 0 aliphatic carbocycles. The number of aromatic nitrogens is 2. The number of hydrogen-bond donors (Lipinski definition) is 2. The topological polar surface area (TPSA) is 120 Å². The fourth-order valence-corrected chi connectivity index (χ4v) is 3.84. The summed E-state index contributed by atoms with van der Waals surface area (Å²) in [5.41, 5.74) is 0.147. The maximum Gasteiger partial charge on any atom is 0.257 e. The predicted octanol–water partition coefficient (Wildman–Crippen LogP) is 3.64. The van der Waals surface area contributed by atoms with Crippen LogP contribution in [0.15, 0.2) is 53.6 Å². The lowest BCUT2D eigenvalue weighted by Crippen LogP contribution is -2.17. The van der Waals surface area contributed by atoms with Crippen molar-refractivity contribution < 1.29 is 32.2 Å². The van der Waals surface area contributed by atoms with Crippen molar-refractivity contribution in [3.63, 3.8) is 0 Å². The number of halogens is 1. The molecule has 34 heavy (non-hydrogen) atoms. The molecule has 0 saturated carbocycles. The number of hydrogen-bond acceptors (Lipinski definition) is 7. The number of amides is 1. The number of sulfone groups is 1. The fourth-order valence-electron chi connectivity index (χ4n) is 2.94. The van der Waals surface area contributed by atoms with Crippen LogP contribution < -0.4 is 14.8 Å². The second kappa shape index (κ2) is 10.7. The Balaban J connectivity index is 1.91. The first-order valence-electron chi connectivity index (χ1n) is 10.6. The van der Waals surface area contributed by atoms with Gasteiger partial charge in [-0.2, -0.15) is 5.10 Å². The molecule has 0 radical (unpaired) electrons. The number of anilines is 1. The molecule has 0 fully saturated rings. The molecular weight excluding hydrogens is 465 g/mol. The molecule has 3 rings (SSSR count). The summed E-state index contributed by atoms with van der Waals surface area (Å²) in [7, 11) is -3.58. The van der Waals surface area contributed by atoms with Gasteiger partial charge in [-0.3, -0.25) is 9.48 Å². The zero-order chi connectivity index (χ0) is 24.9. The molecule has 0 aliphatic rings. The highest BCUT2D eigenvalue weighted by atomic mass is 32.2. The third kappa shape index (κ3) is 6.12. The number of rotatable bonds is 10. The zero-order valence-electron chi connectivity index (χ0n) is 19.0. The van der Waals surface area contributed by atoms with E-state index in [-0.39, 0.29) is 40.1 Å². The lowest BCUT2D eigenvalue weighted by molar-refractivity contribution is 0.102. The van der Waals surface area contributed by atoms with Crippen molar-refractivity contribution >= 4 is 21.6 Å². The van der Waals surface area contributed by atoms with Gasteiger partial charge in [0, 0.05) is 30.4 Å². The largest absolute Gasteiger partial charge is 0.488 e. The van der Waals surface area contributed by atoms with E-state index in [1.165, 1.54) is 37.3 Å². The van der Waals surface area contributed by atoms with Crippen LogP contribution in [-0.4, -0.2) is 47.7 Å². The predicted molar refractivity (Wildman–Crippen MR) is 124 cm³/mol. The average molecular weight is 492 g/mol. The van der Waals surface area contributed by atoms with Gasteiger partial charge < -0.3 is 19.9 Å². The lowest BCUT2D eigenvalue weighted by atomic mass is 10.2. The van der Waals surface area contributed by atoms with Gasteiger partial charge in [-0.1, -0.05) is 6.92 Å². The number of carbonyl (C=O) groups is 1. The molecule has 1 unspecified atom stereocenters. The second-order valence-corrected chi connectivity index (χ2v) is 9.69. The fraction of sp³-hybridized carbons (Fsp3) is 0.304. The van der Waals surface area contributed by atoms with E-state index in [1.54, 1.807) is 23.9 Å². The summed E-state index contributed by atoms with van der Waals surface area (Å²) < 4.78 is 51.5. The number of nitrogens with one attached hydrogen (secondary N) is 1. The first-order valence-corrected chi connectivity index (χ1v) is 12.3. The molecule has 9 nitrogen and oxygen atoms in total. The highest BCUT2D eigenvalue weighted by molar-refractivity contribution is 7.91. The van der Waals surface area contributed by atoms with Crippen molar-refractivity contribution in [3.05, 3.63) is 60.0 Å². The van der Waals surface area contributed by atoms with Gasteiger partial charge in [0.05, 0.1) is 17.3 Å². The Bertz CT molecular complexity index is 1280. The Kier molecular flexibility index (Phi) is 7.90. The number of benzene rings is 2. The average Bonchev–Trinajstić information content (AvgIpc) is 3.27. The van der Waals surface area contributed by atoms with Crippen LogP contribution in [0, 0.1) is 5.82 Å². The lowest BCUT2D eigenvalue weighted by Gasteiger charge is -2.15. The molecule has 1 aromatic heterocycles. The van der Waals surface area contributed by atoms with Crippen molar-refractivity contribution in [1.29, 1.82) is 0 Å². The van der Waals surface area contributed by atoms with Gasteiger partial charge in [0.15, 0.2) is 27.2 Å². The van der Waals surface area contributed by atoms with Crippen LogP contribution in [-0.2, 0) is 16.4 Å². The van der Waals surface area contributed by atoms with Crippen LogP contribution in [0.25, 0.3) is 0 Å². The summed E-state index contributed by atoms with van der Waals surface area (Å²) in [6, 6.07) is 9.28. The zero-order valence-corrected chi connectivity index (χ0v) is 19.8. The monoisotopic (exact) mass is 491 g/mol. The quantitative estimate of drug-likeness (QED) is 0.444. The van der Waals surface area contributed by atoms with Crippen molar-refractivity contribution in [1.82, 2.24) is 9.78 Å². The third-order valence-corrected chi connectivity index (χ3v) is 6.55. The number of ether oxygens (including phenoxy) is 2. The number of carbonyl (C=O) groups excluding carboxylic acids is 1. The molecule has 0 spiro atoms. The maximum absolute atomic E-state index is 14.6. The van der Waals surface area contributed by atoms with Crippen molar-refractivity contribution in [3.8, 4) is 17.2 Å². The summed E-state index contributed by atoms with van der Waals surface area (Å²) >= 11 is 0. The normalized spacial score (nSPS) is 12.3. The molecule has 11 heteroatoms. The van der Waals surface area contributed by atoms with E-state index in [4.69, 9.17) is 9.47 Å². The molecular formula is C23H26FN3O6S. The Morgan fingerprint density at radius 3 is 2.53 bits per heavy atom. The van der Waals surface area contributed by atoms with Gasteiger partial charge in [-0.05, 0) is 44.2 Å². The highest BCUT2D eigenvalue weighted by Crippen LogP contribution is 2.31. The van der Waals surface area contributed by atoms with E-state index in [0.29, 0.717) is 12.4 Å². The van der Waals surface area contributed by atoms with Crippen LogP contribution in [0.4, 0.5) is 10.2 Å². The summed E-state index contributed by atoms with van der Waals surface area (Å²) in [5, 5.41) is 16.2. The van der Waals surface area contributed by atoms with Crippen LogP contribution in [0.2, 0.25) is 0 Å². The minimum Gasteiger partial charge on any atom is -0.488 e. The number of aliphatic hydroxyl groups is 1. The SMILES string of the molecule is CCn1ccc(NC(=O)c2cc(Oc3ccc(S(=O)(=O)CC)cc3F)cc(OC(C)CO)c2)n1. The van der Waals surface area contributed by atoms with Crippen molar-refractivity contribution in [2.45, 2.75) is 38.3 Å².